The molecule has 0 heterocycles. The van der Waals surface area contributed by atoms with Crippen LogP contribution in [0.5, 0.6) is 0 Å². The number of hydrogen-bond donors (Lipinski definition) is 0. The summed E-state index contributed by atoms with van der Waals surface area (Å²) in [4.78, 5) is 11.2. The highest BCUT2D eigenvalue weighted by Gasteiger charge is 2.23. The Bertz CT molecular complexity index is 206. The van der Waals surface area contributed by atoms with Crippen molar-refractivity contribution in [3.05, 3.63) is 11.6 Å². The molecule has 1 aliphatic carbocycles. The molecule has 1 fully saturated rings. The lowest BCUT2D eigenvalue weighted by Crippen LogP contribution is -2.10. The highest BCUT2D eigenvalue weighted by atomic mass is 16.5. The molecule has 0 saturated heterocycles. The molecule has 0 aliphatic heterocycles. The van der Waals surface area contributed by atoms with Gasteiger partial charge in [0.05, 0.1) is 13.0 Å². The van der Waals surface area contributed by atoms with Crippen LogP contribution < -0.4 is 0 Å². The van der Waals surface area contributed by atoms with Gasteiger partial charge in [-0.15, -0.1) is 0 Å². The van der Waals surface area contributed by atoms with E-state index in [0.29, 0.717) is 18.9 Å². The number of esters is 1. The Hall–Kier alpha value is -0.790. The van der Waals surface area contributed by atoms with Gasteiger partial charge in [0.25, 0.3) is 0 Å². The zero-order valence-electron chi connectivity index (χ0n) is 8.51. The third-order valence-corrected chi connectivity index (χ3v) is 2.63. The topological polar surface area (TPSA) is 26.3 Å². The lowest BCUT2D eigenvalue weighted by molar-refractivity contribution is -0.143. The number of hydrogen-bond acceptors (Lipinski definition) is 2. The van der Waals surface area contributed by atoms with E-state index in [0.717, 1.165) is 6.42 Å². The highest BCUT2D eigenvalue weighted by Crippen LogP contribution is 2.33. The maximum Gasteiger partial charge on any atom is 0.306 e. The average molecular weight is 182 g/mol. The summed E-state index contributed by atoms with van der Waals surface area (Å²) in [7, 11) is 0. The highest BCUT2D eigenvalue weighted by molar-refractivity contribution is 5.70. The minimum absolute atomic E-state index is 0.0475. The van der Waals surface area contributed by atoms with Crippen LogP contribution in [0.25, 0.3) is 0 Å². The minimum Gasteiger partial charge on any atom is -0.466 e. The average Bonchev–Trinajstić information content (AvgIpc) is 2.52. The monoisotopic (exact) mass is 182 g/mol. The molecule has 2 nitrogen and oxygen atoms in total. The van der Waals surface area contributed by atoms with Crippen molar-refractivity contribution in [2.45, 2.75) is 39.5 Å². The van der Waals surface area contributed by atoms with Crippen molar-refractivity contribution >= 4 is 5.97 Å². The lowest BCUT2D eigenvalue weighted by Gasteiger charge is -2.10. The second-order valence-electron chi connectivity index (χ2n) is 3.46. The number of allylic oxidation sites excluding steroid dienone is 2. The third-order valence-electron chi connectivity index (χ3n) is 2.63. The largest absolute Gasteiger partial charge is 0.466 e. The number of ether oxygens (including phenoxy) is 1. The van der Waals surface area contributed by atoms with Gasteiger partial charge in [-0.2, -0.15) is 0 Å². The lowest BCUT2D eigenvalue weighted by atomic mass is 9.99. The fourth-order valence-corrected chi connectivity index (χ4v) is 1.98. The Morgan fingerprint density at radius 2 is 2.46 bits per heavy atom. The fourth-order valence-electron chi connectivity index (χ4n) is 1.98. The third kappa shape index (κ3) is 2.87. The standard InChI is InChI=1S/C11H18O2/c1-3-9-6-5-7-10(9)8-11(12)13-4-2/h3,10H,4-8H2,1-2H3/b9-3+/t10-/m1/s1. The molecule has 0 amide bonds. The summed E-state index contributed by atoms with van der Waals surface area (Å²) < 4.78 is 4.93. The summed E-state index contributed by atoms with van der Waals surface area (Å²) in [6.45, 7) is 4.40. The molecule has 0 aromatic rings. The molecule has 0 bridgehead atoms. The van der Waals surface area contributed by atoms with Crippen molar-refractivity contribution in [1.29, 1.82) is 0 Å². The van der Waals surface area contributed by atoms with E-state index in [4.69, 9.17) is 4.74 Å². The Kier molecular flexibility index (Phi) is 4.00. The van der Waals surface area contributed by atoms with E-state index in [9.17, 15) is 4.79 Å². The molecule has 1 saturated carbocycles. The summed E-state index contributed by atoms with van der Waals surface area (Å²) in [5, 5.41) is 0. The number of rotatable bonds is 3. The molecule has 0 spiro atoms. The van der Waals surface area contributed by atoms with Crippen molar-refractivity contribution < 1.29 is 9.53 Å². The van der Waals surface area contributed by atoms with Crippen LogP contribution in [0.2, 0.25) is 0 Å². The molecule has 1 rings (SSSR count). The molecule has 1 atom stereocenters. The van der Waals surface area contributed by atoms with E-state index in [2.05, 4.69) is 13.0 Å². The van der Waals surface area contributed by atoms with Crippen molar-refractivity contribution in [3.8, 4) is 0 Å². The van der Waals surface area contributed by atoms with Crippen LogP contribution >= 0.6 is 0 Å². The zero-order chi connectivity index (χ0) is 9.68. The zero-order valence-corrected chi connectivity index (χ0v) is 8.51. The van der Waals surface area contributed by atoms with Crippen molar-refractivity contribution in [2.75, 3.05) is 6.61 Å². The molecule has 13 heavy (non-hydrogen) atoms. The van der Waals surface area contributed by atoms with Crippen molar-refractivity contribution in [1.82, 2.24) is 0 Å². The summed E-state index contributed by atoms with van der Waals surface area (Å²) >= 11 is 0. The van der Waals surface area contributed by atoms with E-state index >= 15 is 0 Å². The molecular formula is C11H18O2. The summed E-state index contributed by atoms with van der Waals surface area (Å²) in [6, 6.07) is 0. The van der Waals surface area contributed by atoms with Crippen molar-refractivity contribution in [2.24, 2.45) is 5.92 Å². The van der Waals surface area contributed by atoms with E-state index < -0.39 is 0 Å². The maximum absolute atomic E-state index is 11.2. The normalized spacial score (nSPS) is 25.1. The van der Waals surface area contributed by atoms with E-state index in [-0.39, 0.29) is 5.97 Å². The van der Waals surface area contributed by atoms with Crippen LogP contribution in [-0.4, -0.2) is 12.6 Å². The van der Waals surface area contributed by atoms with E-state index in [1.807, 2.05) is 6.92 Å². The predicted molar refractivity (Wildman–Crippen MR) is 52.3 cm³/mol. The number of carbonyl (C=O) groups excluding carboxylic acids is 1. The van der Waals surface area contributed by atoms with Gasteiger partial charge in [-0.3, -0.25) is 4.79 Å². The Morgan fingerprint density at radius 1 is 1.69 bits per heavy atom. The fraction of sp³-hybridized carbons (Fsp3) is 0.727. The quantitative estimate of drug-likeness (QED) is 0.495. The van der Waals surface area contributed by atoms with Gasteiger partial charge in [-0.1, -0.05) is 11.6 Å². The molecule has 2 heteroatoms. The molecule has 0 aromatic heterocycles. The van der Waals surface area contributed by atoms with Crippen LogP contribution in [0.15, 0.2) is 11.6 Å². The summed E-state index contributed by atoms with van der Waals surface area (Å²) in [5.41, 5.74) is 1.44. The van der Waals surface area contributed by atoms with Gasteiger partial charge in [-0.05, 0) is 39.0 Å². The van der Waals surface area contributed by atoms with Gasteiger partial charge in [0.15, 0.2) is 0 Å². The number of carbonyl (C=O) groups is 1. The first-order chi connectivity index (χ1) is 6.27. The van der Waals surface area contributed by atoms with Gasteiger partial charge in [0.2, 0.25) is 0 Å². The van der Waals surface area contributed by atoms with Crippen LogP contribution in [0.1, 0.15) is 39.5 Å². The predicted octanol–water partition coefficient (Wildman–Crippen LogP) is 2.69. The van der Waals surface area contributed by atoms with Gasteiger partial charge in [0, 0.05) is 0 Å². The Morgan fingerprint density at radius 3 is 3.08 bits per heavy atom. The second-order valence-corrected chi connectivity index (χ2v) is 3.46. The minimum atomic E-state index is -0.0475. The summed E-state index contributed by atoms with van der Waals surface area (Å²) in [6.07, 6.45) is 6.27. The van der Waals surface area contributed by atoms with Crippen LogP contribution in [0, 0.1) is 5.92 Å². The summed E-state index contributed by atoms with van der Waals surface area (Å²) in [5.74, 6) is 0.415. The Labute approximate surface area is 80.0 Å². The molecule has 0 unspecified atom stereocenters. The van der Waals surface area contributed by atoms with Gasteiger partial charge in [-0.25, -0.2) is 0 Å². The first-order valence-electron chi connectivity index (χ1n) is 5.08. The van der Waals surface area contributed by atoms with Gasteiger partial charge >= 0.3 is 5.97 Å². The van der Waals surface area contributed by atoms with Crippen molar-refractivity contribution in [3.63, 3.8) is 0 Å². The molecule has 0 radical (unpaired) electrons. The smallest absolute Gasteiger partial charge is 0.306 e. The first-order valence-corrected chi connectivity index (χ1v) is 5.08. The SMILES string of the molecule is C/C=C1\CCC[C@@H]1CC(=O)OCC. The maximum atomic E-state index is 11.2. The van der Waals surface area contributed by atoms with Crippen LogP contribution in [0.4, 0.5) is 0 Å². The van der Waals surface area contributed by atoms with Crippen LogP contribution in [0.3, 0.4) is 0 Å². The van der Waals surface area contributed by atoms with Gasteiger partial charge in [0.1, 0.15) is 0 Å². The van der Waals surface area contributed by atoms with Gasteiger partial charge < -0.3 is 4.74 Å². The molecule has 0 aromatic carbocycles. The molecule has 1 aliphatic rings. The molecule has 0 N–H and O–H groups in total. The van der Waals surface area contributed by atoms with Crippen LogP contribution in [-0.2, 0) is 9.53 Å². The Balaban J connectivity index is 2.40. The second kappa shape index (κ2) is 5.05. The first kappa shape index (κ1) is 10.3. The van der Waals surface area contributed by atoms with E-state index in [1.165, 1.54) is 18.4 Å². The molecule has 74 valence electrons. The molecular weight excluding hydrogens is 164 g/mol. The van der Waals surface area contributed by atoms with E-state index in [1.54, 1.807) is 0 Å².